The number of nitrogens with one attached hydrogen (secondary N) is 1. The number of nitrogens with zero attached hydrogens (tertiary/aromatic N) is 2. The number of aryl methyl sites for hydroxylation is 1. The minimum absolute atomic E-state index is 0.0841. The van der Waals surface area contributed by atoms with Crippen molar-refractivity contribution in [1.29, 1.82) is 0 Å². The molecule has 0 aliphatic carbocycles. The van der Waals surface area contributed by atoms with Crippen LogP contribution in [0.15, 0.2) is 36.7 Å². The quantitative estimate of drug-likeness (QED) is 0.844. The minimum atomic E-state index is -0.204. The first-order chi connectivity index (χ1) is 10.1. The molecule has 0 fully saturated rings. The average Bonchev–Trinajstić information content (AvgIpc) is 2.91. The number of aromatic nitrogens is 2. The summed E-state index contributed by atoms with van der Waals surface area (Å²) >= 11 is 0. The van der Waals surface area contributed by atoms with Gasteiger partial charge in [-0.15, -0.1) is 0 Å². The van der Waals surface area contributed by atoms with Crippen molar-refractivity contribution in [2.45, 2.75) is 13.5 Å². The van der Waals surface area contributed by atoms with Gasteiger partial charge in [0.25, 0.3) is 0 Å². The highest BCUT2D eigenvalue weighted by atomic mass is 16.5. The number of benzene rings is 1. The highest BCUT2D eigenvalue weighted by molar-refractivity contribution is 5.92. The summed E-state index contributed by atoms with van der Waals surface area (Å²) in [5.74, 6) is 1.29. The topological polar surface area (TPSA) is 82.2 Å². The van der Waals surface area contributed by atoms with Gasteiger partial charge in [-0.2, -0.15) is 0 Å². The highest BCUT2D eigenvalue weighted by Crippen LogP contribution is 2.17. The molecule has 0 saturated heterocycles. The van der Waals surface area contributed by atoms with E-state index < -0.39 is 0 Å². The Morgan fingerprint density at radius 3 is 2.71 bits per heavy atom. The van der Waals surface area contributed by atoms with E-state index in [0.717, 1.165) is 17.3 Å². The number of imidazole rings is 1. The number of nitrogens with two attached hydrogens (primary N) is 1. The Morgan fingerprint density at radius 2 is 2.14 bits per heavy atom. The molecule has 21 heavy (non-hydrogen) atoms. The van der Waals surface area contributed by atoms with E-state index in [-0.39, 0.29) is 11.8 Å². The fourth-order valence-corrected chi connectivity index (χ4v) is 1.69. The maximum absolute atomic E-state index is 11.7. The van der Waals surface area contributed by atoms with Gasteiger partial charge in [0.05, 0.1) is 0 Å². The zero-order valence-electron chi connectivity index (χ0n) is 12.2. The van der Waals surface area contributed by atoms with Crippen LogP contribution in [0.1, 0.15) is 12.7 Å². The van der Waals surface area contributed by atoms with Gasteiger partial charge in [-0.25, -0.2) is 4.98 Å². The molecule has 0 aliphatic heterocycles. The summed E-state index contributed by atoms with van der Waals surface area (Å²) in [6, 6.07) is 7.22. The van der Waals surface area contributed by atoms with Crippen molar-refractivity contribution < 1.29 is 9.53 Å². The summed E-state index contributed by atoms with van der Waals surface area (Å²) in [4.78, 5) is 15.9. The maximum Gasteiger partial charge on any atom is 0.228 e. The number of amides is 1. The Hall–Kier alpha value is -2.34. The van der Waals surface area contributed by atoms with E-state index in [0.29, 0.717) is 13.2 Å². The van der Waals surface area contributed by atoms with E-state index in [1.54, 1.807) is 25.3 Å². The molecular formula is C15H20N4O2. The third-order valence-corrected chi connectivity index (χ3v) is 3.21. The van der Waals surface area contributed by atoms with E-state index in [4.69, 9.17) is 10.5 Å². The van der Waals surface area contributed by atoms with Gasteiger partial charge in [-0.05, 0) is 24.3 Å². The fourth-order valence-electron chi connectivity index (χ4n) is 1.69. The number of carbonyl (C=O) groups excluding carboxylic acids is 1. The summed E-state index contributed by atoms with van der Waals surface area (Å²) in [7, 11) is 1.92. The summed E-state index contributed by atoms with van der Waals surface area (Å²) in [6.45, 7) is 2.52. The first-order valence-electron chi connectivity index (χ1n) is 6.80. The van der Waals surface area contributed by atoms with Gasteiger partial charge in [0, 0.05) is 37.6 Å². The molecule has 0 radical (unpaired) electrons. The van der Waals surface area contributed by atoms with Crippen LogP contribution >= 0.6 is 0 Å². The monoisotopic (exact) mass is 288 g/mol. The van der Waals surface area contributed by atoms with E-state index >= 15 is 0 Å². The molecule has 1 aromatic carbocycles. The maximum atomic E-state index is 11.7. The first kappa shape index (κ1) is 15.1. The van der Waals surface area contributed by atoms with Crippen molar-refractivity contribution >= 4 is 11.6 Å². The molecule has 112 valence electrons. The Balaban J connectivity index is 1.90. The lowest BCUT2D eigenvalue weighted by Gasteiger charge is -2.11. The Kier molecular flexibility index (Phi) is 4.94. The van der Waals surface area contributed by atoms with Crippen LogP contribution in [0.5, 0.6) is 5.75 Å². The molecule has 0 bridgehead atoms. The average molecular weight is 288 g/mol. The number of carbonyl (C=O) groups is 1. The predicted molar refractivity (Wildman–Crippen MR) is 80.8 cm³/mol. The summed E-state index contributed by atoms with van der Waals surface area (Å²) in [5, 5.41) is 2.81. The standard InChI is InChI=1S/C15H20N4O2/c1-11(9-16)15(20)18-12-3-5-13(6-4-12)21-10-14-17-7-8-19(14)2/h3-8,11H,9-10,16H2,1-2H3,(H,18,20). The molecule has 0 saturated carbocycles. The number of anilines is 1. The van der Waals surface area contributed by atoms with Crippen LogP contribution in [0.4, 0.5) is 5.69 Å². The molecule has 6 heteroatoms. The number of hydrogen-bond donors (Lipinski definition) is 2. The van der Waals surface area contributed by atoms with Crippen LogP contribution < -0.4 is 15.8 Å². The third kappa shape index (κ3) is 4.06. The zero-order valence-corrected chi connectivity index (χ0v) is 12.2. The second-order valence-corrected chi connectivity index (χ2v) is 4.89. The van der Waals surface area contributed by atoms with E-state index in [1.165, 1.54) is 0 Å². The van der Waals surface area contributed by atoms with Crippen molar-refractivity contribution in [3.05, 3.63) is 42.5 Å². The molecule has 0 aliphatic rings. The second kappa shape index (κ2) is 6.90. The van der Waals surface area contributed by atoms with Gasteiger partial charge in [-0.1, -0.05) is 6.92 Å². The van der Waals surface area contributed by atoms with Crippen molar-refractivity contribution in [2.75, 3.05) is 11.9 Å². The molecule has 6 nitrogen and oxygen atoms in total. The van der Waals surface area contributed by atoms with Gasteiger partial charge >= 0.3 is 0 Å². The summed E-state index contributed by atoms with van der Waals surface area (Å²) < 4.78 is 7.55. The SMILES string of the molecule is CC(CN)C(=O)Nc1ccc(OCc2nccn2C)cc1. The molecule has 0 spiro atoms. The van der Waals surface area contributed by atoms with Crippen LogP contribution in [0, 0.1) is 5.92 Å². The Bertz CT molecular complexity index is 592. The Labute approximate surface area is 123 Å². The van der Waals surface area contributed by atoms with Crippen molar-refractivity contribution in [1.82, 2.24) is 9.55 Å². The number of rotatable bonds is 6. The van der Waals surface area contributed by atoms with Crippen LogP contribution in [-0.4, -0.2) is 22.0 Å². The molecule has 2 rings (SSSR count). The Morgan fingerprint density at radius 1 is 1.43 bits per heavy atom. The van der Waals surface area contributed by atoms with E-state index in [2.05, 4.69) is 10.3 Å². The van der Waals surface area contributed by atoms with Crippen LogP contribution in [0.3, 0.4) is 0 Å². The van der Waals surface area contributed by atoms with Crippen LogP contribution in [-0.2, 0) is 18.4 Å². The van der Waals surface area contributed by atoms with Crippen molar-refractivity contribution in [3.63, 3.8) is 0 Å². The lowest BCUT2D eigenvalue weighted by molar-refractivity contribution is -0.119. The highest BCUT2D eigenvalue weighted by Gasteiger charge is 2.10. The van der Waals surface area contributed by atoms with Gasteiger partial charge in [-0.3, -0.25) is 4.79 Å². The van der Waals surface area contributed by atoms with Gasteiger partial charge in [0.15, 0.2) is 0 Å². The zero-order chi connectivity index (χ0) is 15.2. The molecule has 3 N–H and O–H groups in total. The molecular weight excluding hydrogens is 268 g/mol. The molecule has 2 aromatic rings. The van der Waals surface area contributed by atoms with Crippen LogP contribution in [0.25, 0.3) is 0 Å². The van der Waals surface area contributed by atoms with Gasteiger partial charge in [0.2, 0.25) is 5.91 Å². The number of hydrogen-bond acceptors (Lipinski definition) is 4. The fraction of sp³-hybridized carbons (Fsp3) is 0.333. The van der Waals surface area contributed by atoms with Crippen molar-refractivity contribution in [3.8, 4) is 5.75 Å². The van der Waals surface area contributed by atoms with Crippen LogP contribution in [0.2, 0.25) is 0 Å². The minimum Gasteiger partial charge on any atom is -0.486 e. The first-order valence-corrected chi connectivity index (χ1v) is 6.80. The van der Waals surface area contributed by atoms with Gasteiger partial charge < -0.3 is 20.4 Å². The molecule has 1 unspecified atom stereocenters. The largest absolute Gasteiger partial charge is 0.486 e. The lowest BCUT2D eigenvalue weighted by Crippen LogP contribution is -2.26. The van der Waals surface area contributed by atoms with E-state index in [1.807, 2.05) is 29.9 Å². The molecule has 1 aromatic heterocycles. The second-order valence-electron chi connectivity index (χ2n) is 4.89. The summed E-state index contributed by atoms with van der Waals surface area (Å²) in [5.41, 5.74) is 6.19. The van der Waals surface area contributed by atoms with Crippen molar-refractivity contribution in [2.24, 2.45) is 18.7 Å². The summed E-state index contributed by atoms with van der Waals surface area (Å²) in [6.07, 6.45) is 3.60. The normalized spacial score (nSPS) is 12.0. The molecule has 1 amide bonds. The molecule has 1 atom stereocenters. The number of ether oxygens (including phenoxy) is 1. The lowest BCUT2D eigenvalue weighted by atomic mass is 10.1. The van der Waals surface area contributed by atoms with E-state index in [9.17, 15) is 4.79 Å². The smallest absolute Gasteiger partial charge is 0.228 e. The third-order valence-electron chi connectivity index (χ3n) is 3.21. The van der Waals surface area contributed by atoms with Gasteiger partial charge in [0.1, 0.15) is 18.2 Å². The predicted octanol–water partition coefficient (Wildman–Crippen LogP) is 1.53. The molecule has 1 heterocycles.